The van der Waals surface area contributed by atoms with Gasteiger partial charge in [-0.15, -0.1) is 0 Å². The molecule has 4 aromatic rings. The average Bonchev–Trinajstić information content (AvgIpc) is 3.39. The molecule has 0 spiro atoms. The highest BCUT2D eigenvalue weighted by atomic mass is 16.1. The van der Waals surface area contributed by atoms with E-state index in [4.69, 9.17) is 0 Å². The second-order valence-corrected chi connectivity index (χ2v) is 8.55. The molecule has 1 aliphatic carbocycles. The number of nitrogens with zero attached hydrogens (tertiary/aromatic N) is 1. The van der Waals surface area contributed by atoms with Crippen molar-refractivity contribution in [3.8, 4) is 0 Å². The van der Waals surface area contributed by atoms with E-state index < -0.39 is 0 Å². The van der Waals surface area contributed by atoms with Gasteiger partial charge >= 0.3 is 0 Å². The van der Waals surface area contributed by atoms with Crippen LogP contribution in [0.5, 0.6) is 0 Å². The summed E-state index contributed by atoms with van der Waals surface area (Å²) in [4.78, 5) is 19.6. The molecule has 2 aromatic heterocycles. The number of benzene rings is 2. The minimum Gasteiger partial charge on any atom is -0.384 e. The monoisotopic (exact) mass is 421 g/mol. The number of fused-ring (bicyclic) bond motifs is 2. The SMILES string of the molecule is C=Cc1ccc2c(CCNc3ccc(Cc4ccnc5c4CCC5=O)cc3C)c[nH]c2c1. The Labute approximate surface area is 188 Å². The van der Waals surface area contributed by atoms with E-state index in [1.165, 1.54) is 27.6 Å². The molecule has 0 atom stereocenters. The smallest absolute Gasteiger partial charge is 0.181 e. The maximum Gasteiger partial charge on any atom is 0.181 e. The Hall–Kier alpha value is -3.66. The van der Waals surface area contributed by atoms with Crippen LogP contribution in [0.3, 0.4) is 0 Å². The van der Waals surface area contributed by atoms with E-state index in [2.05, 4.69) is 77.4 Å². The van der Waals surface area contributed by atoms with Crippen LogP contribution in [0.1, 0.15) is 50.3 Å². The maximum atomic E-state index is 12.0. The van der Waals surface area contributed by atoms with E-state index >= 15 is 0 Å². The van der Waals surface area contributed by atoms with Gasteiger partial charge in [0.25, 0.3) is 0 Å². The van der Waals surface area contributed by atoms with Gasteiger partial charge in [0.15, 0.2) is 5.78 Å². The minimum absolute atomic E-state index is 0.175. The molecule has 0 bridgehead atoms. The number of nitrogens with one attached hydrogen (secondary N) is 2. The van der Waals surface area contributed by atoms with Gasteiger partial charge in [0, 0.05) is 41.9 Å². The van der Waals surface area contributed by atoms with Crippen LogP contribution in [0.4, 0.5) is 5.69 Å². The molecular formula is C28H27N3O. The quantitative estimate of drug-likeness (QED) is 0.391. The highest BCUT2D eigenvalue weighted by Gasteiger charge is 2.23. The molecule has 2 N–H and O–H groups in total. The second kappa shape index (κ2) is 8.46. The van der Waals surface area contributed by atoms with Crippen LogP contribution >= 0.6 is 0 Å². The summed E-state index contributed by atoms with van der Waals surface area (Å²) in [6.45, 7) is 6.86. The lowest BCUT2D eigenvalue weighted by Gasteiger charge is -2.12. The Morgan fingerprint density at radius 1 is 1.12 bits per heavy atom. The third kappa shape index (κ3) is 3.84. The van der Waals surface area contributed by atoms with Crippen LogP contribution in [0, 0.1) is 6.92 Å². The maximum absolute atomic E-state index is 12.0. The van der Waals surface area contributed by atoms with E-state index in [0.717, 1.165) is 48.1 Å². The summed E-state index contributed by atoms with van der Waals surface area (Å²) in [5.74, 6) is 0.175. The second-order valence-electron chi connectivity index (χ2n) is 8.55. The molecule has 0 radical (unpaired) electrons. The lowest BCUT2D eigenvalue weighted by molar-refractivity contribution is 0.0990. The number of hydrogen-bond acceptors (Lipinski definition) is 3. The zero-order valence-corrected chi connectivity index (χ0v) is 18.4. The topological polar surface area (TPSA) is 57.8 Å². The molecule has 2 aromatic carbocycles. The predicted molar refractivity (Wildman–Crippen MR) is 131 cm³/mol. The number of Topliss-reactive ketones (excluding diaryl/α,β-unsaturated/α-hetero) is 1. The Morgan fingerprint density at radius 3 is 2.88 bits per heavy atom. The summed E-state index contributed by atoms with van der Waals surface area (Å²) in [6, 6.07) is 15.1. The molecule has 0 saturated carbocycles. The highest BCUT2D eigenvalue weighted by Crippen LogP contribution is 2.27. The van der Waals surface area contributed by atoms with Gasteiger partial charge in [-0.25, -0.2) is 0 Å². The van der Waals surface area contributed by atoms with E-state index in [0.29, 0.717) is 12.1 Å². The molecule has 0 aliphatic heterocycles. The Kier molecular flexibility index (Phi) is 5.36. The summed E-state index contributed by atoms with van der Waals surface area (Å²) in [6.07, 6.45) is 8.94. The number of H-pyrrole nitrogens is 1. The van der Waals surface area contributed by atoms with Crippen molar-refractivity contribution in [2.45, 2.75) is 32.6 Å². The van der Waals surface area contributed by atoms with E-state index in [9.17, 15) is 4.79 Å². The molecule has 4 heteroatoms. The van der Waals surface area contributed by atoms with E-state index in [1.807, 2.05) is 6.08 Å². The van der Waals surface area contributed by atoms with Gasteiger partial charge in [0.05, 0.1) is 0 Å². The van der Waals surface area contributed by atoms with Gasteiger partial charge in [-0.3, -0.25) is 9.78 Å². The number of pyridine rings is 1. The molecule has 1 aliphatic rings. The van der Waals surface area contributed by atoms with Crippen molar-refractivity contribution in [3.05, 3.63) is 101 Å². The number of hydrogen-bond donors (Lipinski definition) is 2. The Bertz CT molecular complexity index is 1330. The first kappa shape index (κ1) is 20.3. The van der Waals surface area contributed by atoms with Gasteiger partial charge in [-0.2, -0.15) is 0 Å². The third-order valence-corrected chi connectivity index (χ3v) is 6.44. The largest absolute Gasteiger partial charge is 0.384 e. The standard InChI is InChI=1S/C28H27N3O/c1-3-19-4-6-23-22(17-31-26(23)16-19)11-12-29-25-8-5-20(14-18(25)2)15-21-10-13-30-28-24(21)7-9-27(28)32/h3-6,8,10,13-14,16-17,29,31H,1,7,9,11-12,15H2,2H3. The normalized spacial score (nSPS) is 12.8. The minimum atomic E-state index is 0.175. The molecule has 4 nitrogen and oxygen atoms in total. The van der Waals surface area contributed by atoms with Crippen molar-refractivity contribution < 1.29 is 4.79 Å². The van der Waals surface area contributed by atoms with Crippen LogP contribution in [-0.2, 0) is 19.3 Å². The highest BCUT2D eigenvalue weighted by molar-refractivity contribution is 5.98. The summed E-state index contributed by atoms with van der Waals surface area (Å²) in [7, 11) is 0. The molecule has 5 rings (SSSR count). The molecule has 32 heavy (non-hydrogen) atoms. The average molecular weight is 422 g/mol. The summed E-state index contributed by atoms with van der Waals surface area (Å²) >= 11 is 0. The molecule has 160 valence electrons. The van der Waals surface area contributed by atoms with Gasteiger partial charge < -0.3 is 10.3 Å². The van der Waals surface area contributed by atoms with E-state index in [1.54, 1.807) is 6.20 Å². The van der Waals surface area contributed by atoms with Crippen molar-refractivity contribution in [2.75, 3.05) is 11.9 Å². The van der Waals surface area contributed by atoms with Crippen LogP contribution in [0.2, 0.25) is 0 Å². The van der Waals surface area contributed by atoms with Crippen LogP contribution in [0.25, 0.3) is 17.0 Å². The Balaban J connectivity index is 1.25. The fourth-order valence-electron chi connectivity index (χ4n) is 4.70. The number of carbonyl (C=O) groups excluding carboxylic acids is 1. The predicted octanol–water partition coefficient (Wildman–Crippen LogP) is 5.89. The van der Waals surface area contributed by atoms with Crippen molar-refractivity contribution >= 4 is 28.4 Å². The Morgan fingerprint density at radius 2 is 2.03 bits per heavy atom. The van der Waals surface area contributed by atoms with Gasteiger partial charge in [-0.1, -0.05) is 36.9 Å². The first-order valence-electron chi connectivity index (χ1n) is 11.2. The lowest BCUT2D eigenvalue weighted by Crippen LogP contribution is -2.06. The number of carbonyl (C=O) groups is 1. The van der Waals surface area contributed by atoms with Crippen LogP contribution < -0.4 is 5.32 Å². The van der Waals surface area contributed by atoms with Crippen LogP contribution in [0.15, 0.2) is 61.4 Å². The fourth-order valence-corrected chi connectivity index (χ4v) is 4.70. The van der Waals surface area contributed by atoms with Crippen molar-refractivity contribution in [3.63, 3.8) is 0 Å². The number of rotatable bonds is 7. The van der Waals surface area contributed by atoms with Gasteiger partial charge in [-0.05, 0) is 77.8 Å². The van der Waals surface area contributed by atoms with E-state index in [-0.39, 0.29) is 5.78 Å². The van der Waals surface area contributed by atoms with Crippen LogP contribution in [-0.4, -0.2) is 22.3 Å². The summed E-state index contributed by atoms with van der Waals surface area (Å²) in [5.41, 5.74) is 10.3. The first-order valence-corrected chi connectivity index (χ1v) is 11.2. The van der Waals surface area contributed by atoms with Crippen molar-refractivity contribution in [2.24, 2.45) is 0 Å². The first-order chi connectivity index (χ1) is 15.6. The number of aromatic nitrogens is 2. The van der Waals surface area contributed by atoms with Gasteiger partial charge in [0.2, 0.25) is 0 Å². The number of anilines is 1. The number of aromatic amines is 1. The molecule has 0 amide bonds. The molecule has 0 unspecified atom stereocenters. The number of aryl methyl sites for hydroxylation is 1. The zero-order valence-electron chi connectivity index (χ0n) is 18.4. The molecule has 2 heterocycles. The fraction of sp³-hybridized carbons (Fsp3) is 0.214. The number of ketones is 1. The summed E-state index contributed by atoms with van der Waals surface area (Å²) in [5, 5.41) is 4.86. The molecular weight excluding hydrogens is 394 g/mol. The molecule has 0 fully saturated rings. The van der Waals surface area contributed by atoms with Gasteiger partial charge in [0.1, 0.15) is 5.69 Å². The lowest BCUT2D eigenvalue weighted by atomic mass is 9.98. The van der Waals surface area contributed by atoms with Crippen molar-refractivity contribution in [1.82, 2.24) is 9.97 Å². The summed E-state index contributed by atoms with van der Waals surface area (Å²) < 4.78 is 0. The zero-order chi connectivity index (χ0) is 22.1. The third-order valence-electron chi connectivity index (χ3n) is 6.44. The molecule has 0 saturated heterocycles. The van der Waals surface area contributed by atoms with Crippen molar-refractivity contribution in [1.29, 1.82) is 0 Å².